The molecule has 0 aliphatic carbocycles. The zero-order chi connectivity index (χ0) is 15.9. The minimum atomic E-state index is -0.121. The fourth-order valence-electron chi connectivity index (χ4n) is 2.35. The molecule has 0 unspecified atom stereocenters. The molecule has 0 atom stereocenters. The third-order valence-corrected chi connectivity index (χ3v) is 3.45. The maximum Gasteiger partial charge on any atom is 0.269 e. The van der Waals surface area contributed by atoms with Crippen LogP contribution in [-0.2, 0) is 0 Å². The Bertz CT molecular complexity index is 640. The number of nitrogens with one attached hydrogen (secondary N) is 1. The van der Waals surface area contributed by atoms with Crippen molar-refractivity contribution in [1.29, 1.82) is 0 Å². The molecule has 1 aromatic heterocycles. The average molecular weight is 297 g/mol. The second-order valence-corrected chi connectivity index (χ2v) is 5.24. The van der Waals surface area contributed by atoms with Crippen molar-refractivity contribution >= 4 is 17.3 Å². The zero-order valence-corrected chi connectivity index (χ0v) is 13.5. The van der Waals surface area contributed by atoms with Crippen LogP contribution >= 0.6 is 0 Å². The van der Waals surface area contributed by atoms with Gasteiger partial charge in [0.25, 0.3) is 5.91 Å². The Morgan fingerprint density at radius 3 is 2.64 bits per heavy atom. The summed E-state index contributed by atoms with van der Waals surface area (Å²) in [5.74, 6) is -0.121. The lowest BCUT2D eigenvalue weighted by Gasteiger charge is -2.24. The van der Waals surface area contributed by atoms with E-state index >= 15 is 0 Å². The maximum atomic E-state index is 12.1. The summed E-state index contributed by atoms with van der Waals surface area (Å²) in [6.07, 6.45) is 2.60. The highest BCUT2D eigenvalue weighted by Gasteiger charge is 2.12. The number of carbonyl (C=O) groups is 1. The molecule has 0 saturated carbocycles. The van der Waals surface area contributed by atoms with Crippen molar-refractivity contribution < 1.29 is 4.79 Å². The van der Waals surface area contributed by atoms with Crippen LogP contribution in [0.2, 0.25) is 0 Å². The molecular formula is C18H23N3O. The summed E-state index contributed by atoms with van der Waals surface area (Å²) >= 11 is 0. The molecule has 1 N–H and O–H groups in total. The van der Waals surface area contributed by atoms with Crippen molar-refractivity contribution in [3.63, 3.8) is 0 Å². The van der Waals surface area contributed by atoms with Gasteiger partial charge in [-0.15, -0.1) is 0 Å². The van der Waals surface area contributed by atoms with E-state index in [2.05, 4.69) is 47.2 Å². The highest BCUT2D eigenvalue weighted by atomic mass is 16.1. The number of rotatable bonds is 6. The number of hydrogen-bond acceptors (Lipinski definition) is 3. The monoisotopic (exact) mass is 297 g/mol. The number of aromatic nitrogens is 1. The molecule has 1 amide bonds. The Balaban J connectivity index is 2.28. The van der Waals surface area contributed by atoms with Gasteiger partial charge in [0, 0.05) is 30.7 Å². The van der Waals surface area contributed by atoms with Gasteiger partial charge in [-0.2, -0.15) is 0 Å². The number of amides is 1. The summed E-state index contributed by atoms with van der Waals surface area (Å²) in [7, 11) is 0. The predicted molar refractivity (Wildman–Crippen MR) is 90.7 cm³/mol. The smallest absolute Gasteiger partial charge is 0.269 e. The number of nitrogens with zero attached hydrogens (tertiary/aromatic N) is 2. The van der Waals surface area contributed by atoms with E-state index in [9.17, 15) is 4.79 Å². The van der Waals surface area contributed by atoms with Gasteiger partial charge in [-0.25, -0.2) is 0 Å². The minimum Gasteiger partial charge on any atom is -0.351 e. The molecule has 4 heteroatoms. The van der Waals surface area contributed by atoms with Crippen molar-refractivity contribution in [2.24, 2.45) is 0 Å². The van der Waals surface area contributed by atoms with Crippen LogP contribution in [0.25, 0.3) is 0 Å². The second kappa shape index (κ2) is 7.59. The Kier molecular flexibility index (Phi) is 5.53. The fourth-order valence-corrected chi connectivity index (χ4v) is 2.35. The van der Waals surface area contributed by atoms with Gasteiger partial charge in [0.15, 0.2) is 0 Å². The summed E-state index contributed by atoms with van der Waals surface area (Å²) in [5, 5.41) is 2.86. The Hall–Kier alpha value is -2.36. The molecule has 0 radical (unpaired) electrons. The Morgan fingerprint density at radius 2 is 1.95 bits per heavy atom. The highest BCUT2D eigenvalue weighted by molar-refractivity contribution is 5.93. The lowest BCUT2D eigenvalue weighted by Crippen LogP contribution is -2.25. The summed E-state index contributed by atoms with van der Waals surface area (Å²) in [6, 6.07) is 12.1. The van der Waals surface area contributed by atoms with Crippen LogP contribution in [-0.4, -0.2) is 24.0 Å². The van der Waals surface area contributed by atoms with Gasteiger partial charge in [0.1, 0.15) is 5.69 Å². The minimum absolute atomic E-state index is 0.121. The number of carbonyl (C=O) groups excluding carboxylic acids is 1. The van der Waals surface area contributed by atoms with Gasteiger partial charge >= 0.3 is 0 Å². The summed E-state index contributed by atoms with van der Waals surface area (Å²) in [6.45, 7) is 7.69. The zero-order valence-electron chi connectivity index (χ0n) is 13.5. The van der Waals surface area contributed by atoms with Gasteiger partial charge in [0.05, 0.1) is 0 Å². The molecule has 0 fully saturated rings. The summed E-state index contributed by atoms with van der Waals surface area (Å²) < 4.78 is 0. The molecule has 0 saturated heterocycles. The molecule has 0 aliphatic rings. The molecule has 116 valence electrons. The van der Waals surface area contributed by atoms with E-state index in [1.807, 2.05) is 25.1 Å². The number of anilines is 2. The fraction of sp³-hybridized carbons (Fsp3) is 0.333. The van der Waals surface area contributed by atoms with Crippen LogP contribution in [0, 0.1) is 6.92 Å². The first-order chi connectivity index (χ1) is 10.7. The molecule has 1 aromatic carbocycles. The normalized spacial score (nSPS) is 10.3. The number of aryl methyl sites for hydroxylation is 1. The third kappa shape index (κ3) is 3.85. The van der Waals surface area contributed by atoms with Crippen molar-refractivity contribution in [2.45, 2.75) is 27.2 Å². The van der Waals surface area contributed by atoms with Gasteiger partial charge < -0.3 is 10.2 Å². The van der Waals surface area contributed by atoms with E-state index in [0.717, 1.165) is 24.3 Å². The van der Waals surface area contributed by atoms with E-state index < -0.39 is 0 Å². The quantitative estimate of drug-likeness (QED) is 0.884. The summed E-state index contributed by atoms with van der Waals surface area (Å²) in [5.41, 5.74) is 3.77. The largest absolute Gasteiger partial charge is 0.351 e. The lowest BCUT2D eigenvalue weighted by molar-refractivity contribution is 0.0948. The van der Waals surface area contributed by atoms with Crippen LogP contribution in [0.4, 0.5) is 11.4 Å². The molecule has 0 spiro atoms. The Morgan fingerprint density at radius 1 is 1.18 bits per heavy atom. The molecule has 2 aromatic rings. The van der Waals surface area contributed by atoms with Crippen LogP contribution in [0.3, 0.4) is 0 Å². The van der Waals surface area contributed by atoms with Gasteiger partial charge in [-0.3, -0.25) is 9.78 Å². The van der Waals surface area contributed by atoms with Gasteiger partial charge in [-0.1, -0.05) is 19.1 Å². The number of hydrogen-bond donors (Lipinski definition) is 1. The average Bonchev–Trinajstić information content (AvgIpc) is 2.54. The van der Waals surface area contributed by atoms with Crippen molar-refractivity contribution in [3.8, 4) is 0 Å². The van der Waals surface area contributed by atoms with Crippen molar-refractivity contribution in [2.75, 3.05) is 18.0 Å². The van der Waals surface area contributed by atoms with Crippen LogP contribution in [0.5, 0.6) is 0 Å². The van der Waals surface area contributed by atoms with E-state index in [0.29, 0.717) is 12.2 Å². The molecule has 1 heterocycles. The summed E-state index contributed by atoms with van der Waals surface area (Å²) in [4.78, 5) is 18.4. The van der Waals surface area contributed by atoms with E-state index in [1.54, 1.807) is 6.20 Å². The maximum absolute atomic E-state index is 12.1. The number of benzene rings is 1. The third-order valence-electron chi connectivity index (χ3n) is 3.45. The molecule has 0 aliphatic heterocycles. The molecular weight excluding hydrogens is 274 g/mol. The molecule has 0 bridgehead atoms. The first-order valence-corrected chi connectivity index (χ1v) is 7.74. The van der Waals surface area contributed by atoms with E-state index in [4.69, 9.17) is 0 Å². The highest BCUT2D eigenvalue weighted by Crippen LogP contribution is 2.25. The van der Waals surface area contributed by atoms with Gasteiger partial charge in [-0.05, 0) is 50.1 Å². The standard InChI is InChI=1S/C18H23N3O/c1-4-10-20-18(22)17-13-16(9-11-19-17)21(5-2)15-8-6-7-14(3)12-15/h6-9,11-13H,4-5,10H2,1-3H3,(H,20,22). The van der Waals surface area contributed by atoms with Crippen molar-refractivity contribution in [3.05, 3.63) is 53.9 Å². The first kappa shape index (κ1) is 16.0. The second-order valence-electron chi connectivity index (χ2n) is 5.24. The van der Waals surface area contributed by atoms with Crippen LogP contribution < -0.4 is 10.2 Å². The predicted octanol–water partition coefficient (Wildman–Crippen LogP) is 3.69. The SMILES string of the molecule is CCCNC(=O)c1cc(N(CC)c2cccc(C)c2)ccn1. The van der Waals surface area contributed by atoms with E-state index in [-0.39, 0.29) is 5.91 Å². The number of pyridine rings is 1. The molecule has 2 rings (SSSR count). The topological polar surface area (TPSA) is 45.2 Å². The lowest BCUT2D eigenvalue weighted by atomic mass is 10.2. The molecule has 4 nitrogen and oxygen atoms in total. The van der Waals surface area contributed by atoms with E-state index in [1.165, 1.54) is 5.56 Å². The van der Waals surface area contributed by atoms with Crippen molar-refractivity contribution in [1.82, 2.24) is 10.3 Å². The first-order valence-electron chi connectivity index (χ1n) is 7.74. The Labute approximate surface area is 132 Å². The van der Waals surface area contributed by atoms with Crippen LogP contribution in [0.15, 0.2) is 42.6 Å². The van der Waals surface area contributed by atoms with Crippen LogP contribution in [0.1, 0.15) is 36.3 Å². The van der Waals surface area contributed by atoms with Gasteiger partial charge in [0.2, 0.25) is 0 Å². The molecule has 22 heavy (non-hydrogen) atoms.